The lowest BCUT2D eigenvalue weighted by molar-refractivity contribution is -0.193. The number of carboxylic acids is 2. The molecule has 1 aromatic rings. The topological polar surface area (TPSA) is 109 Å². The van der Waals surface area contributed by atoms with Gasteiger partial charge in [0, 0.05) is 31.2 Å². The Labute approximate surface area is 197 Å². The van der Waals surface area contributed by atoms with Crippen LogP contribution in [0.1, 0.15) is 18.5 Å². The molecular formula is C21H26F6N2O6. The molecule has 198 valence electrons. The first-order valence-corrected chi connectivity index (χ1v) is 10.3. The number of halogens is 6. The predicted octanol–water partition coefficient (Wildman–Crippen LogP) is 3.53. The van der Waals surface area contributed by atoms with E-state index in [1.54, 1.807) is 0 Å². The zero-order valence-electron chi connectivity index (χ0n) is 18.5. The molecule has 0 spiro atoms. The molecule has 2 N–H and O–H groups in total. The average Bonchev–Trinajstić information content (AvgIpc) is 3.18. The van der Waals surface area contributed by atoms with Crippen LogP contribution in [0.15, 0.2) is 37.1 Å². The van der Waals surface area contributed by atoms with Crippen LogP contribution in [0, 0.1) is 5.92 Å². The number of carboxylic acid groups (broad SMARTS) is 2. The number of rotatable bonds is 6. The van der Waals surface area contributed by atoms with E-state index in [0.717, 1.165) is 32.0 Å². The Morgan fingerprint density at radius 2 is 1.74 bits per heavy atom. The second kappa shape index (κ2) is 14.0. The van der Waals surface area contributed by atoms with Crippen molar-refractivity contribution < 1.29 is 55.6 Å². The third-order valence-corrected chi connectivity index (χ3v) is 4.98. The first-order chi connectivity index (χ1) is 16.3. The molecule has 1 saturated carbocycles. The monoisotopic (exact) mass is 516 g/mol. The molecule has 0 amide bonds. The first kappa shape index (κ1) is 30.3. The second-order valence-corrected chi connectivity index (χ2v) is 7.46. The van der Waals surface area contributed by atoms with Crippen LogP contribution in [0.2, 0.25) is 0 Å². The number of pyridine rings is 1. The molecule has 1 aromatic heterocycles. The van der Waals surface area contributed by atoms with Gasteiger partial charge in [0.2, 0.25) is 0 Å². The van der Waals surface area contributed by atoms with Gasteiger partial charge in [-0.15, -0.1) is 6.58 Å². The van der Waals surface area contributed by atoms with Gasteiger partial charge in [-0.3, -0.25) is 9.88 Å². The molecule has 3 unspecified atom stereocenters. The van der Waals surface area contributed by atoms with E-state index in [4.69, 9.17) is 29.3 Å². The van der Waals surface area contributed by atoms with Crippen molar-refractivity contribution in [2.45, 2.75) is 43.9 Å². The lowest BCUT2D eigenvalue weighted by Crippen LogP contribution is -2.50. The van der Waals surface area contributed by atoms with Gasteiger partial charge in [0.1, 0.15) is 0 Å². The number of fused-ring (bicyclic) bond motifs is 1. The summed E-state index contributed by atoms with van der Waals surface area (Å²) in [5.74, 6) is -5.00. The van der Waals surface area contributed by atoms with E-state index in [2.05, 4.69) is 28.6 Å². The largest absolute Gasteiger partial charge is 0.490 e. The normalized spacial score (nSPS) is 22.1. The Kier molecular flexibility index (Phi) is 12.1. The molecule has 14 heteroatoms. The minimum atomic E-state index is -5.08. The lowest BCUT2D eigenvalue weighted by atomic mass is 10.0. The third-order valence-electron chi connectivity index (χ3n) is 4.98. The number of hydrogen-bond acceptors (Lipinski definition) is 6. The SMILES string of the molecule is C=CCOCC1CCC2C1OCCN2Cc1ccccn1.O=C(O)C(F)(F)F.O=C(O)C(F)(F)F. The predicted molar refractivity (Wildman–Crippen MR) is 109 cm³/mol. The Balaban J connectivity index is 0.000000362. The van der Waals surface area contributed by atoms with Gasteiger partial charge < -0.3 is 19.7 Å². The number of morpholine rings is 1. The highest BCUT2D eigenvalue weighted by Crippen LogP contribution is 2.35. The fraction of sp³-hybridized carbons (Fsp3) is 0.571. The van der Waals surface area contributed by atoms with Crippen LogP contribution in [0.3, 0.4) is 0 Å². The number of hydrogen-bond donors (Lipinski definition) is 2. The highest BCUT2D eigenvalue weighted by Gasteiger charge is 2.42. The Bertz CT molecular complexity index is 782. The van der Waals surface area contributed by atoms with E-state index in [1.165, 1.54) is 12.8 Å². The highest BCUT2D eigenvalue weighted by atomic mass is 19.4. The van der Waals surface area contributed by atoms with Gasteiger partial charge in [-0.05, 0) is 25.0 Å². The average molecular weight is 516 g/mol. The summed E-state index contributed by atoms with van der Waals surface area (Å²) in [7, 11) is 0. The van der Waals surface area contributed by atoms with Crippen LogP contribution >= 0.6 is 0 Å². The van der Waals surface area contributed by atoms with Crippen molar-refractivity contribution >= 4 is 11.9 Å². The van der Waals surface area contributed by atoms with Gasteiger partial charge >= 0.3 is 24.3 Å². The van der Waals surface area contributed by atoms with Crippen LogP contribution in [0.5, 0.6) is 0 Å². The van der Waals surface area contributed by atoms with Gasteiger partial charge in [-0.2, -0.15) is 26.3 Å². The zero-order chi connectivity index (χ0) is 26.6. The molecule has 2 fully saturated rings. The fourth-order valence-corrected chi connectivity index (χ4v) is 3.51. The maximum atomic E-state index is 10.6. The molecule has 1 saturated heterocycles. The summed E-state index contributed by atoms with van der Waals surface area (Å²) in [5.41, 5.74) is 1.14. The number of carbonyl (C=O) groups is 2. The van der Waals surface area contributed by atoms with E-state index in [1.807, 2.05) is 18.3 Å². The van der Waals surface area contributed by atoms with Crippen LogP contribution in [0.4, 0.5) is 26.3 Å². The van der Waals surface area contributed by atoms with E-state index in [0.29, 0.717) is 24.7 Å². The number of ether oxygens (including phenoxy) is 2. The smallest absolute Gasteiger partial charge is 0.475 e. The van der Waals surface area contributed by atoms with Gasteiger partial charge in [0.05, 0.1) is 31.6 Å². The first-order valence-electron chi connectivity index (χ1n) is 10.3. The number of aliphatic carboxylic acids is 2. The highest BCUT2D eigenvalue weighted by molar-refractivity contribution is 5.73. The van der Waals surface area contributed by atoms with Gasteiger partial charge in [0.15, 0.2) is 0 Å². The minimum Gasteiger partial charge on any atom is -0.475 e. The van der Waals surface area contributed by atoms with E-state index >= 15 is 0 Å². The maximum Gasteiger partial charge on any atom is 0.490 e. The molecule has 0 aromatic carbocycles. The number of aromatic nitrogens is 1. The summed E-state index contributed by atoms with van der Waals surface area (Å²) in [6.07, 6.45) is -3.80. The van der Waals surface area contributed by atoms with E-state index in [9.17, 15) is 26.3 Å². The maximum absolute atomic E-state index is 10.6. The van der Waals surface area contributed by atoms with Crippen LogP contribution in [-0.4, -0.2) is 82.9 Å². The van der Waals surface area contributed by atoms with Gasteiger partial charge in [-0.1, -0.05) is 12.1 Å². The molecule has 8 nitrogen and oxygen atoms in total. The van der Waals surface area contributed by atoms with Gasteiger partial charge in [-0.25, -0.2) is 9.59 Å². The van der Waals surface area contributed by atoms with Crippen molar-refractivity contribution in [3.05, 3.63) is 42.7 Å². The summed E-state index contributed by atoms with van der Waals surface area (Å²) in [6, 6.07) is 6.64. The van der Waals surface area contributed by atoms with Crippen molar-refractivity contribution in [2.75, 3.05) is 26.4 Å². The van der Waals surface area contributed by atoms with E-state index in [-0.39, 0.29) is 0 Å². The molecule has 1 aliphatic carbocycles. The summed E-state index contributed by atoms with van der Waals surface area (Å²) in [4.78, 5) is 24.8. The lowest BCUT2D eigenvalue weighted by Gasteiger charge is -2.39. The van der Waals surface area contributed by atoms with Gasteiger partial charge in [0.25, 0.3) is 0 Å². The molecule has 0 radical (unpaired) electrons. The number of alkyl halides is 6. The Morgan fingerprint density at radius 3 is 2.23 bits per heavy atom. The summed E-state index contributed by atoms with van der Waals surface area (Å²) in [6.45, 7) is 7.84. The number of nitrogens with zero attached hydrogens (tertiary/aromatic N) is 2. The Hall–Kier alpha value is -2.71. The van der Waals surface area contributed by atoms with Crippen molar-refractivity contribution in [1.82, 2.24) is 9.88 Å². The molecular weight excluding hydrogens is 490 g/mol. The molecule has 3 atom stereocenters. The van der Waals surface area contributed by atoms with Crippen molar-refractivity contribution in [3.8, 4) is 0 Å². The van der Waals surface area contributed by atoms with Crippen LogP contribution in [-0.2, 0) is 25.6 Å². The Morgan fingerprint density at radius 1 is 1.14 bits per heavy atom. The molecule has 1 aliphatic heterocycles. The summed E-state index contributed by atoms with van der Waals surface area (Å²) in [5, 5.41) is 14.2. The fourth-order valence-electron chi connectivity index (χ4n) is 3.51. The standard InChI is InChI=1S/C17H24N2O2.2C2HF3O2/c1-2-10-20-13-14-6-7-16-17(14)21-11-9-19(16)12-15-5-3-4-8-18-15;2*3-2(4,5)1(6)7/h2-5,8,14,16-17H,1,6-7,9-13H2;2*(H,6,7). The molecule has 3 rings (SSSR count). The summed E-state index contributed by atoms with van der Waals surface area (Å²) >= 11 is 0. The molecule has 35 heavy (non-hydrogen) atoms. The van der Waals surface area contributed by atoms with Crippen LogP contribution < -0.4 is 0 Å². The molecule has 2 aliphatic rings. The minimum absolute atomic E-state index is 0.312. The van der Waals surface area contributed by atoms with Crippen LogP contribution in [0.25, 0.3) is 0 Å². The van der Waals surface area contributed by atoms with E-state index < -0.39 is 24.3 Å². The second-order valence-electron chi connectivity index (χ2n) is 7.46. The van der Waals surface area contributed by atoms with Crippen molar-refractivity contribution in [3.63, 3.8) is 0 Å². The van der Waals surface area contributed by atoms with Crippen molar-refractivity contribution in [1.29, 1.82) is 0 Å². The van der Waals surface area contributed by atoms with Crippen molar-refractivity contribution in [2.24, 2.45) is 5.92 Å². The summed E-state index contributed by atoms with van der Waals surface area (Å²) < 4.78 is 75.2. The molecule has 2 heterocycles. The molecule has 0 bridgehead atoms. The third kappa shape index (κ3) is 11.0. The quantitative estimate of drug-likeness (QED) is 0.336. The zero-order valence-corrected chi connectivity index (χ0v) is 18.5.